The molecule has 2 aromatic carbocycles. The molecular formula is C19H16ClF3N2O2S. The molecular weight excluding hydrogens is 413 g/mol. The average Bonchev–Trinajstić information content (AvgIpc) is 2.62. The molecule has 0 fully saturated rings. The van der Waals surface area contributed by atoms with E-state index in [4.69, 9.17) is 11.6 Å². The van der Waals surface area contributed by atoms with Crippen LogP contribution in [0.15, 0.2) is 47.4 Å². The summed E-state index contributed by atoms with van der Waals surface area (Å²) in [5, 5.41) is 2.66. The van der Waals surface area contributed by atoms with Gasteiger partial charge in [-0.2, -0.15) is 13.2 Å². The zero-order valence-electron chi connectivity index (χ0n) is 14.7. The maximum absolute atomic E-state index is 12.6. The van der Waals surface area contributed by atoms with E-state index in [1.54, 1.807) is 25.2 Å². The second-order valence-electron chi connectivity index (χ2n) is 6.38. The SMILES string of the molecule is CN(Cc1ccc(C(F)(F)F)cc1)C(=O)CC1Sc2ccc(Cl)cc2NC1=O. The van der Waals surface area contributed by atoms with Gasteiger partial charge >= 0.3 is 6.18 Å². The summed E-state index contributed by atoms with van der Waals surface area (Å²) in [6.45, 7) is 0.155. The molecule has 28 heavy (non-hydrogen) atoms. The molecule has 1 atom stereocenters. The van der Waals surface area contributed by atoms with Gasteiger partial charge in [0.2, 0.25) is 11.8 Å². The topological polar surface area (TPSA) is 49.4 Å². The third-order valence-corrected chi connectivity index (χ3v) is 5.76. The predicted octanol–water partition coefficient (Wildman–Crippen LogP) is 4.82. The molecule has 1 aliphatic heterocycles. The van der Waals surface area contributed by atoms with Gasteiger partial charge in [0.05, 0.1) is 16.5 Å². The fraction of sp³-hybridized carbons (Fsp3) is 0.263. The largest absolute Gasteiger partial charge is 0.416 e. The molecule has 0 bridgehead atoms. The second kappa shape index (κ2) is 8.05. The Bertz CT molecular complexity index is 903. The lowest BCUT2D eigenvalue weighted by Crippen LogP contribution is -2.35. The van der Waals surface area contributed by atoms with Gasteiger partial charge in [-0.3, -0.25) is 9.59 Å². The van der Waals surface area contributed by atoms with Crippen LogP contribution in [0.1, 0.15) is 17.5 Å². The fourth-order valence-corrected chi connectivity index (χ4v) is 3.99. The molecule has 9 heteroatoms. The van der Waals surface area contributed by atoms with Crippen molar-refractivity contribution in [3.63, 3.8) is 0 Å². The zero-order chi connectivity index (χ0) is 20.5. The van der Waals surface area contributed by atoms with Crippen LogP contribution in [0, 0.1) is 0 Å². The molecule has 3 rings (SSSR count). The fourth-order valence-electron chi connectivity index (χ4n) is 2.73. The normalized spacial score (nSPS) is 16.3. The van der Waals surface area contributed by atoms with E-state index in [1.165, 1.54) is 28.8 Å². The number of carbonyl (C=O) groups is 2. The molecule has 0 aliphatic carbocycles. The quantitative estimate of drug-likeness (QED) is 0.759. The van der Waals surface area contributed by atoms with Crippen molar-refractivity contribution in [2.45, 2.75) is 29.3 Å². The van der Waals surface area contributed by atoms with Gasteiger partial charge in [-0.15, -0.1) is 11.8 Å². The molecule has 1 unspecified atom stereocenters. The summed E-state index contributed by atoms with van der Waals surface area (Å²) in [6.07, 6.45) is -4.41. The maximum atomic E-state index is 12.6. The van der Waals surface area contributed by atoms with Crippen LogP contribution in [0.4, 0.5) is 18.9 Å². The lowest BCUT2D eigenvalue weighted by atomic mass is 10.1. The first-order valence-corrected chi connectivity index (χ1v) is 9.56. The van der Waals surface area contributed by atoms with Crippen LogP contribution in [0.5, 0.6) is 0 Å². The highest BCUT2D eigenvalue weighted by Gasteiger charge is 2.31. The van der Waals surface area contributed by atoms with Crippen molar-refractivity contribution in [2.24, 2.45) is 0 Å². The van der Waals surface area contributed by atoms with Crippen molar-refractivity contribution in [3.8, 4) is 0 Å². The van der Waals surface area contributed by atoms with Crippen LogP contribution in [0.2, 0.25) is 5.02 Å². The Morgan fingerprint density at radius 1 is 1.21 bits per heavy atom. The molecule has 0 saturated heterocycles. The molecule has 0 spiro atoms. The van der Waals surface area contributed by atoms with E-state index < -0.39 is 17.0 Å². The number of benzene rings is 2. The Kier molecular flexibility index (Phi) is 5.90. The number of fused-ring (bicyclic) bond motifs is 1. The van der Waals surface area contributed by atoms with Crippen molar-refractivity contribution in [3.05, 3.63) is 58.6 Å². The van der Waals surface area contributed by atoms with E-state index in [2.05, 4.69) is 5.32 Å². The highest BCUT2D eigenvalue weighted by molar-refractivity contribution is 8.01. The summed E-state index contributed by atoms with van der Waals surface area (Å²) in [5.41, 5.74) is 0.452. The smallest absolute Gasteiger partial charge is 0.341 e. The summed E-state index contributed by atoms with van der Waals surface area (Å²) in [6, 6.07) is 9.80. The van der Waals surface area contributed by atoms with Crippen LogP contribution < -0.4 is 5.32 Å². The van der Waals surface area contributed by atoms with Gasteiger partial charge in [-0.25, -0.2) is 0 Å². The van der Waals surface area contributed by atoms with Gasteiger partial charge in [0, 0.05) is 29.9 Å². The monoisotopic (exact) mass is 428 g/mol. The van der Waals surface area contributed by atoms with E-state index in [0.717, 1.165) is 17.0 Å². The molecule has 1 N–H and O–H groups in total. The minimum absolute atomic E-state index is 0.0182. The lowest BCUT2D eigenvalue weighted by molar-refractivity contribution is -0.137. The first kappa shape index (κ1) is 20.5. The molecule has 0 saturated carbocycles. The number of halogens is 4. The van der Waals surface area contributed by atoms with Crippen molar-refractivity contribution in [1.29, 1.82) is 0 Å². The molecule has 0 radical (unpaired) electrons. The summed E-state index contributed by atoms with van der Waals surface area (Å²) in [4.78, 5) is 27.0. The molecule has 148 valence electrons. The van der Waals surface area contributed by atoms with Gasteiger partial charge in [0.15, 0.2) is 0 Å². The van der Waals surface area contributed by atoms with Crippen LogP contribution in [0.3, 0.4) is 0 Å². The Hall–Kier alpha value is -2.19. The van der Waals surface area contributed by atoms with Crippen LogP contribution in [0.25, 0.3) is 0 Å². The molecule has 1 aliphatic rings. The molecule has 2 aromatic rings. The number of amides is 2. The highest BCUT2D eigenvalue weighted by Crippen LogP contribution is 2.38. The number of rotatable bonds is 4. The maximum Gasteiger partial charge on any atom is 0.416 e. The Labute approximate surface area is 169 Å². The Balaban J connectivity index is 1.61. The minimum Gasteiger partial charge on any atom is -0.341 e. The van der Waals surface area contributed by atoms with Crippen molar-refractivity contribution < 1.29 is 22.8 Å². The Morgan fingerprint density at radius 3 is 2.54 bits per heavy atom. The third-order valence-electron chi connectivity index (χ3n) is 4.25. The standard InChI is InChI=1S/C19H16ClF3N2O2S/c1-25(10-11-2-4-12(5-3-11)19(21,22)23)17(26)9-16-18(27)24-14-8-13(20)6-7-15(14)28-16/h2-8,16H,9-10H2,1H3,(H,24,27). The van der Waals surface area contributed by atoms with Gasteiger partial charge in [-0.1, -0.05) is 23.7 Å². The number of anilines is 1. The minimum atomic E-state index is -4.40. The van der Waals surface area contributed by atoms with Gasteiger partial charge in [-0.05, 0) is 35.9 Å². The summed E-state index contributed by atoms with van der Waals surface area (Å²) in [5.74, 6) is -0.555. The molecule has 4 nitrogen and oxygen atoms in total. The second-order valence-corrected chi connectivity index (χ2v) is 8.07. The summed E-state index contributed by atoms with van der Waals surface area (Å²) in [7, 11) is 1.55. The lowest BCUT2D eigenvalue weighted by Gasteiger charge is -2.26. The third kappa shape index (κ3) is 4.80. The van der Waals surface area contributed by atoms with Gasteiger partial charge in [0.25, 0.3) is 0 Å². The average molecular weight is 429 g/mol. The number of thioether (sulfide) groups is 1. The molecule has 2 amide bonds. The Morgan fingerprint density at radius 2 is 1.89 bits per heavy atom. The molecule has 1 heterocycles. The first-order chi connectivity index (χ1) is 13.1. The predicted molar refractivity (Wildman–Crippen MR) is 102 cm³/mol. The van der Waals surface area contributed by atoms with Gasteiger partial charge < -0.3 is 10.2 Å². The summed E-state index contributed by atoms with van der Waals surface area (Å²) >= 11 is 7.20. The molecule has 0 aromatic heterocycles. The van der Waals surface area contributed by atoms with E-state index in [9.17, 15) is 22.8 Å². The van der Waals surface area contributed by atoms with E-state index in [0.29, 0.717) is 16.3 Å². The van der Waals surface area contributed by atoms with Gasteiger partial charge in [0.1, 0.15) is 0 Å². The summed E-state index contributed by atoms with van der Waals surface area (Å²) < 4.78 is 37.9. The number of carbonyl (C=O) groups excluding carboxylic acids is 2. The van der Waals surface area contributed by atoms with E-state index in [1.807, 2.05) is 0 Å². The van der Waals surface area contributed by atoms with Crippen LogP contribution in [-0.2, 0) is 22.3 Å². The van der Waals surface area contributed by atoms with Crippen molar-refractivity contribution in [2.75, 3.05) is 12.4 Å². The van der Waals surface area contributed by atoms with Crippen LogP contribution in [-0.4, -0.2) is 29.0 Å². The van der Waals surface area contributed by atoms with E-state index in [-0.39, 0.29) is 24.8 Å². The first-order valence-electron chi connectivity index (χ1n) is 8.30. The number of alkyl halides is 3. The number of nitrogens with one attached hydrogen (secondary N) is 1. The van der Waals surface area contributed by atoms with E-state index >= 15 is 0 Å². The number of hydrogen-bond donors (Lipinski definition) is 1. The zero-order valence-corrected chi connectivity index (χ0v) is 16.3. The number of hydrogen-bond acceptors (Lipinski definition) is 3. The van der Waals surface area contributed by atoms with Crippen molar-refractivity contribution >= 4 is 40.9 Å². The highest BCUT2D eigenvalue weighted by atomic mass is 35.5. The number of nitrogens with zero attached hydrogens (tertiary/aromatic N) is 1. The van der Waals surface area contributed by atoms with Crippen LogP contribution >= 0.6 is 23.4 Å². The van der Waals surface area contributed by atoms with Crippen molar-refractivity contribution in [1.82, 2.24) is 4.90 Å².